The van der Waals surface area contributed by atoms with Crippen LogP contribution in [0.5, 0.6) is 0 Å². The maximum atomic E-state index is 13.1. The van der Waals surface area contributed by atoms with Gasteiger partial charge in [-0.05, 0) is 75.0 Å². The number of rotatable bonds is 22. The van der Waals surface area contributed by atoms with Gasteiger partial charge in [0.15, 0.2) is 23.1 Å². The van der Waals surface area contributed by atoms with Gasteiger partial charge in [-0.3, -0.25) is 38.4 Å². The van der Waals surface area contributed by atoms with Crippen LogP contribution in [0.15, 0.2) is 0 Å². The summed E-state index contributed by atoms with van der Waals surface area (Å²) in [5.74, 6) is -0.714. The van der Waals surface area contributed by atoms with Crippen LogP contribution in [-0.4, -0.2) is 84.1 Å². The Balaban J connectivity index is 1.45. The molecular formula is C36H54N4O9. The van der Waals surface area contributed by atoms with E-state index in [1.165, 1.54) is 0 Å². The molecule has 272 valence electrons. The summed E-state index contributed by atoms with van der Waals surface area (Å²) in [5, 5.41) is 11.0. The van der Waals surface area contributed by atoms with Crippen molar-refractivity contribution in [3.05, 3.63) is 0 Å². The average Bonchev–Trinajstić information content (AvgIpc) is 3.92. The lowest BCUT2D eigenvalue weighted by molar-refractivity contribution is -0.126. The first-order valence-corrected chi connectivity index (χ1v) is 18.2. The lowest BCUT2D eigenvalue weighted by Crippen LogP contribution is -2.38. The molecule has 4 heterocycles. The number of hydrogen-bond acceptors (Lipinski definition) is 9. The van der Waals surface area contributed by atoms with E-state index in [9.17, 15) is 38.4 Å². The van der Waals surface area contributed by atoms with Gasteiger partial charge in [0.25, 0.3) is 0 Å². The predicted molar refractivity (Wildman–Crippen MR) is 178 cm³/mol. The lowest BCUT2D eigenvalue weighted by Gasteiger charge is -2.37. The molecule has 13 heteroatoms. The smallest absolute Gasteiger partial charge is 0.220 e. The molecular weight excluding hydrogens is 632 g/mol. The second kappa shape index (κ2) is 17.4. The van der Waals surface area contributed by atoms with Gasteiger partial charge in [-0.15, -0.1) is 0 Å². The van der Waals surface area contributed by atoms with Crippen LogP contribution in [0.2, 0.25) is 0 Å². The molecule has 4 unspecified atom stereocenters. The van der Waals surface area contributed by atoms with Gasteiger partial charge in [0.05, 0.1) is 37.4 Å². The van der Waals surface area contributed by atoms with E-state index >= 15 is 0 Å². The molecule has 4 N–H and O–H groups in total. The predicted octanol–water partition coefficient (Wildman–Crippen LogP) is 2.31. The van der Waals surface area contributed by atoms with Crippen molar-refractivity contribution < 1.29 is 43.1 Å². The van der Waals surface area contributed by atoms with Crippen LogP contribution in [0, 0.1) is 10.8 Å². The molecule has 4 aliphatic heterocycles. The minimum Gasteiger partial charge on any atom is -0.380 e. The first-order chi connectivity index (χ1) is 23.4. The Morgan fingerprint density at radius 2 is 0.755 bits per heavy atom. The van der Waals surface area contributed by atoms with E-state index in [2.05, 4.69) is 21.3 Å². The summed E-state index contributed by atoms with van der Waals surface area (Å²) in [6.45, 7) is 4.50. The summed E-state index contributed by atoms with van der Waals surface area (Å²) in [7, 11) is 0. The highest BCUT2D eigenvalue weighted by molar-refractivity contribution is 5.94. The number of ether oxygens (including phenoxy) is 1. The van der Waals surface area contributed by atoms with Crippen LogP contribution in [0.25, 0.3) is 0 Å². The van der Waals surface area contributed by atoms with Crippen molar-refractivity contribution in [2.24, 2.45) is 10.8 Å². The van der Waals surface area contributed by atoms with E-state index < -0.39 is 35.0 Å². The second-order valence-electron chi connectivity index (χ2n) is 14.7. The minimum absolute atomic E-state index is 0.0454. The van der Waals surface area contributed by atoms with Crippen LogP contribution in [0.4, 0.5) is 0 Å². The zero-order valence-electron chi connectivity index (χ0n) is 29.1. The fourth-order valence-corrected chi connectivity index (χ4v) is 7.61. The fourth-order valence-electron chi connectivity index (χ4n) is 7.61. The van der Waals surface area contributed by atoms with Crippen LogP contribution in [0.1, 0.15) is 129 Å². The van der Waals surface area contributed by atoms with Gasteiger partial charge in [0.1, 0.15) is 0 Å². The third-order valence-electron chi connectivity index (χ3n) is 11.5. The Hall–Kier alpha value is -3.48. The Kier molecular flexibility index (Phi) is 13.6. The number of amides is 4. The van der Waals surface area contributed by atoms with Gasteiger partial charge in [0.2, 0.25) is 23.6 Å². The van der Waals surface area contributed by atoms with E-state index in [1.54, 1.807) is 0 Å². The topological polar surface area (TPSA) is 194 Å². The molecule has 0 saturated carbocycles. The average molecular weight is 687 g/mol. The Morgan fingerprint density at radius 1 is 0.510 bits per heavy atom. The van der Waals surface area contributed by atoms with Gasteiger partial charge >= 0.3 is 0 Å². The monoisotopic (exact) mass is 686 g/mol. The second-order valence-corrected chi connectivity index (χ2v) is 14.7. The normalized spacial score (nSPS) is 26.0. The largest absolute Gasteiger partial charge is 0.380 e. The zero-order valence-corrected chi connectivity index (χ0v) is 29.1. The Bertz CT molecular complexity index is 1120. The SMILES string of the molecule is CCC(CCC(=O)C1CCC(=O)N1)(CCC(=O)C1CCC(=O)N1)COCC(CC)(CCC(=O)C1CCC(=O)N1)CCC(=O)C1CCC(=O)N1. The summed E-state index contributed by atoms with van der Waals surface area (Å²) < 4.78 is 6.52. The van der Waals surface area contributed by atoms with E-state index in [4.69, 9.17) is 4.74 Å². The standard InChI is InChI=1S/C36H54N4O9/c1-3-35(17-13-27(41)23-5-9-31(45)37-23,18-14-28(42)24-6-10-32(46)38-24)21-49-22-36(4-2,19-15-29(43)25-7-11-33(47)39-25)20-16-30(44)26-8-12-34(48)40-26/h23-26H,3-22H2,1-2H3,(H,37,45)(H,38,46)(H,39,47)(H,40,48). The molecule has 4 saturated heterocycles. The zero-order chi connectivity index (χ0) is 35.6. The highest BCUT2D eigenvalue weighted by Crippen LogP contribution is 2.39. The third kappa shape index (κ3) is 10.8. The summed E-state index contributed by atoms with van der Waals surface area (Å²) in [4.78, 5) is 99.3. The van der Waals surface area contributed by atoms with Crippen molar-refractivity contribution in [1.29, 1.82) is 0 Å². The molecule has 0 radical (unpaired) electrons. The molecule has 49 heavy (non-hydrogen) atoms. The molecule has 0 aromatic heterocycles. The first kappa shape index (κ1) is 38.3. The van der Waals surface area contributed by atoms with Gasteiger partial charge in [-0.1, -0.05) is 13.8 Å². The first-order valence-electron chi connectivity index (χ1n) is 18.2. The number of ketones is 4. The highest BCUT2D eigenvalue weighted by Gasteiger charge is 2.38. The minimum atomic E-state index is -0.538. The molecule has 13 nitrogen and oxygen atoms in total. The van der Waals surface area contributed by atoms with Crippen molar-refractivity contribution in [2.45, 2.75) is 154 Å². The molecule has 0 aromatic rings. The summed E-state index contributed by atoms with van der Waals surface area (Å²) in [6.07, 6.45) is 7.14. The quantitative estimate of drug-likeness (QED) is 0.132. The van der Waals surface area contributed by atoms with Crippen molar-refractivity contribution in [2.75, 3.05) is 13.2 Å². The lowest BCUT2D eigenvalue weighted by atomic mass is 9.74. The van der Waals surface area contributed by atoms with Gasteiger partial charge in [-0.2, -0.15) is 0 Å². The van der Waals surface area contributed by atoms with Gasteiger partial charge in [-0.25, -0.2) is 0 Å². The number of hydrogen-bond donors (Lipinski definition) is 4. The van der Waals surface area contributed by atoms with Crippen molar-refractivity contribution >= 4 is 46.8 Å². The van der Waals surface area contributed by atoms with Crippen LogP contribution in [-0.2, 0) is 43.1 Å². The molecule has 4 aliphatic rings. The molecule has 4 amide bonds. The number of Topliss-reactive ketones (excluding diaryl/α,β-unsaturated/α-hetero) is 4. The molecule has 0 bridgehead atoms. The summed E-state index contributed by atoms with van der Waals surface area (Å²) in [5.41, 5.74) is -1.08. The number of nitrogens with one attached hydrogen (secondary N) is 4. The summed E-state index contributed by atoms with van der Waals surface area (Å²) in [6, 6.07) is -2.02. The van der Waals surface area contributed by atoms with Crippen LogP contribution < -0.4 is 21.3 Å². The van der Waals surface area contributed by atoms with Crippen LogP contribution in [0.3, 0.4) is 0 Å². The Labute approximate surface area is 288 Å². The molecule has 0 spiro atoms. The maximum Gasteiger partial charge on any atom is 0.220 e. The van der Waals surface area contributed by atoms with E-state index in [0.717, 1.165) is 0 Å². The van der Waals surface area contributed by atoms with E-state index in [-0.39, 0.29) is 85.7 Å². The maximum absolute atomic E-state index is 13.1. The highest BCUT2D eigenvalue weighted by atomic mass is 16.5. The van der Waals surface area contributed by atoms with E-state index in [1.807, 2.05) is 13.8 Å². The Morgan fingerprint density at radius 3 is 0.939 bits per heavy atom. The molecule has 0 aromatic carbocycles. The van der Waals surface area contributed by atoms with Gasteiger partial charge in [0, 0.05) is 51.4 Å². The fraction of sp³-hybridized carbons (Fsp3) is 0.778. The third-order valence-corrected chi connectivity index (χ3v) is 11.5. The van der Waals surface area contributed by atoms with Crippen molar-refractivity contribution in [1.82, 2.24) is 21.3 Å². The van der Waals surface area contributed by atoms with Crippen molar-refractivity contribution in [3.8, 4) is 0 Å². The molecule has 4 fully saturated rings. The molecule has 4 atom stereocenters. The number of carbonyl (C=O) groups excluding carboxylic acids is 8. The molecule has 4 rings (SSSR count). The van der Waals surface area contributed by atoms with Crippen molar-refractivity contribution in [3.63, 3.8) is 0 Å². The summed E-state index contributed by atoms with van der Waals surface area (Å²) >= 11 is 0. The van der Waals surface area contributed by atoms with Gasteiger partial charge < -0.3 is 26.0 Å². The number of carbonyl (C=O) groups is 8. The van der Waals surface area contributed by atoms with E-state index in [0.29, 0.717) is 89.9 Å². The van der Waals surface area contributed by atoms with Crippen LogP contribution >= 0.6 is 0 Å². The molecule has 0 aliphatic carbocycles.